The highest BCUT2D eigenvalue weighted by atomic mass is 33.1. The average molecular weight is 489 g/mol. The summed E-state index contributed by atoms with van der Waals surface area (Å²) in [7, 11) is 2.77. The van der Waals surface area contributed by atoms with Crippen molar-refractivity contribution in [2.75, 3.05) is 10.6 Å². The summed E-state index contributed by atoms with van der Waals surface area (Å²) in [5, 5.41) is 24.5. The molecule has 0 saturated heterocycles. The fraction of sp³-hybridized carbons (Fsp3) is 0. The second kappa shape index (κ2) is 10.8. The Labute approximate surface area is 204 Å². The van der Waals surface area contributed by atoms with E-state index in [-0.39, 0.29) is 23.3 Å². The van der Waals surface area contributed by atoms with Crippen molar-refractivity contribution in [2.45, 2.75) is 9.79 Å². The molecule has 0 unspecified atom stereocenters. The monoisotopic (exact) mass is 488 g/mol. The molecule has 2 amide bonds. The molecule has 4 aromatic rings. The molecule has 0 aliphatic rings. The number of hydrogen-bond acceptors (Lipinski definition) is 6. The molecule has 0 aliphatic carbocycles. The van der Waals surface area contributed by atoms with Gasteiger partial charge in [-0.25, -0.2) is 0 Å². The molecule has 0 heterocycles. The van der Waals surface area contributed by atoms with Crippen molar-refractivity contribution in [3.8, 4) is 11.5 Å². The Bertz CT molecular complexity index is 1210. The Morgan fingerprint density at radius 1 is 0.529 bits per heavy atom. The van der Waals surface area contributed by atoms with Crippen molar-refractivity contribution < 1.29 is 19.8 Å². The van der Waals surface area contributed by atoms with Gasteiger partial charge in [0.15, 0.2) is 0 Å². The van der Waals surface area contributed by atoms with E-state index in [0.29, 0.717) is 22.5 Å². The van der Waals surface area contributed by atoms with Gasteiger partial charge in [-0.3, -0.25) is 9.59 Å². The summed E-state index contributed by atoms with van der Waals surface area (Å²) in [6.07, 6.45) is 0. The summed E-state index contributed by atoms with van der Waals surface area (Å²) in [5.41, 5.74) is 2.15. The molecule has 0 atom stereocenters. The number of anilines is 2. The summed E-state index contributed by atoms with van der Waals surface area (Å²) in [4.78, 5) is 27.2. The van der Waals surface area contributed by atoms with Crippen LogP contribution in [-0.4, -0.2) is 22.0 Å². The summed E-state index contributed by atoms with van der Waals surface area (Å²) in [6, 6.07) is 27.0. The molecule has 6 nitrogen and oxygen atoms in total. The average Bonchev–Trinajstić information content (AvgIpc) is 2.86. The van der Waals surface area contributed by atoms with Gasteiger partial charge in [0, 0.05) is 21.2 Å². The fourth-order valence-corrected chi connectivity index (χ4v) is 5.39. The van der Waals surface area contributed by atoms with Gasteiger partial charge in [-0.1, -0.05) is 45.9 Å². The van der Waals surface area contributed by atoms with Gasteiger partial charge in [-0.05, 0) is 72.8 Å². The van der Waals surface area contributed by atoms with Gasteiger partial charge >= 0.3 is 0 Å². The van der Waals surface area contributed by atoms with E-state index >= 15 is 0 Å². The Morgan fingerprint density at radius 2 is 0.882 bits per heavy atom. The quantitative estimate of drug-likeness (QED) is 0.177. The number of phenolic OH excluding ortho intramolecular Hbond substituents is 2. The minimum atomic E-state index is -0.271. The number of rotatable bonds is 7. The Morgan fingerprint density at radius 3 is 1.26 bits per heavy atom. The third-order valence-electron chi connectivity index (χ3n) is 4.73. The fourth-order valence-electron chi connectivity index (χ4n) is 3.03. The van der Waals surface area contributed by atoms with Gasteiger partial charge in [-0.15, -0.1) is 0 Å². The summed E-state index contributed by atoms with van der Waals surface area (Å²) in [6.45, 7) is 0. The molecule has 0 spiro atoms. The van der Waals surface area contributed by atoms with Crippen LogP contribution in [-0.2, 0) is 0 Å². The lowest BCUT2D eigenvalue weighted by atomic mass is 10.2. The van der Waals surface area contributed by atoms with E-state index in [0.717, 1.165) is 9.79 Å². The van der Waals surface area contributed by atoms with Gasteiger partial charge in [0.05, 0.1) is 11.1 Å². The van der Waals surface area contributed by atoms with Crippen molar-refractivity contribution in [2.24, 2.45) is 0 Å². The first-order chi connectivity index (χ1) is 16.5. The zero-order valence-corrected chi connectivity index (χ0v) is 19.4. The van der Waals surface area contributed by atoms with Crippen molar-refractivity contribution in [1.82, 2.24) is 0 Å². The van der Waals surface area contributed by atoms with Crippen LogP contribution in [0.4, 0.5) is 11.4 Å². The molecule has 0 aliphatic heterocycles. The van der Waals surface area contributed by atoms with Crippen molar-refractivity contribution >= 4 is 44.8 Å². The SMILES string of the molecule is O=C(Nc1ccc(O)cc1)c1ccccc1SSc1ccccc1C(=O)Nc1ccc(O)cc1. The molecular formula is C26H20N2O4S2. The molecule has 4 aromatic carbocycles. The number of carbonyl (C=O) groups is 2. The number of aromatic hydroxyl groups is 2. The highest BCUT2D eigenvalue weighted by molar-refractivity contribution is 8.76. The van der Waals surface area contributed by atoms with Gasteiger partial charge < -0.3 is 20.8 Å². The lowest BCUT2D eigenvalue weighted by molar-refractivity contribution is 0.101. The Kier molecular flexibility index (Phi) is 7.41. The summed E-state index contributed by atoms with van der Waals surface area (Å²) < 4.78 is 0. The van der Waals surface area contributed by atoms with E-state index < -0.39 is 0 Å². The number of amides is 2. The van der Waals surface area contributed by atoms with Gasteiger partial charge in [0.25, 0.3) is 11.8 Å². The maximum absolute atomic E-state index is 12.9. The third kappa shape index (κ3) is 5.92. The van der Waals surface area contributed by atoms with E-state index in [4.69, 9.17) is 0 Å². The smallest absolute Gasteiger partial charge is 0.256 e. The van der Waals surface area contributed by atoms with Crippen LogP contribution >= 0.6 is 21.6 Å². The second-order valence-corrected chi connectivity index (χ2v) is 9.37. The highest BCUT2D eigenvalue weighted by Crippen LogP contribution is 2.40. The van der Waals surface area contributed by atoms with Crippen molar-refractivity contribution in [3.63, 3.8) is 0 Å². The highest BCUT2D eigenvalue weighted by Gasteiger charge is 2.16. The lowest BCUT2D eigenvalue weighted by Gasteiger charge is -2.12. The molecule has 0 bridgehead atoms. The summed E-state index contributed by atoms with van der Waals surface area (Å²) >= 11 is 0. The third-order valence-corrected chi connectivity index (χ3v) is 7.22. The maximum Gasteiger partial charge on any atom is 0.256 e. The van der Waals surface area contributed by atoms with Crippen molar-refractivity contribution in [1.29, 1.82) is 0 Å². The molecule has 4 rings (SSSR count). The first-order valence-corrected chi connectivity index (χ1v) is 12.4. The molecule has 8 heteroatoms. The molecule has 0 aromatic heterocycles. The number of phenols is 2. The van der Waals surface area contributed by atoms with E-state index in [9.17, 15) is 19.8 Å². The largest absolute Gasteiger partial charge is 0.508 e. The number of benzene rings is 4. The standard InChI is InChI=1S/C26H20N2O4S2/c29-19-13-9-17(10-14-19)27-25(31)21-5-1-3-7-23(21)33-34-24-8-4-2-6-22(24)26(32)28-18-11-15-20(30)16-12-18/h1-16,29-30H,(H,27,31)(H,28,32). The zero-order valence-electron chi connectivity index (χ0n) is 17.8. The Hall–Kier alpha value is -3.88. The first-order valence-electron chi connectivity index (χ1n) is 10.2. The van der Waals surface area contributed by atoms with Crippen LogP contribution in [0.1, 0.15) is 20.7 Å². The topological polar surface area (TPSA) is 98.7 Å². The van der Waals surface area contributed by atoms with Crippen LogP contribution in [0, 0.1) is 0 Å². The molecule has 170 valence electrons. The first kappa shape index (κ1) is 23.3. The van der Waals surface area contributed by atoms with Crippen LogP contribution < -0.4 is 10.6 Å². The molecular weight excluding hydrogens is 468 g/mol. The molecule has 34 heavy (non-hydrogen) atoms. The van der Waals surface area contributed by atoms with E-state index in [1.165, 1.54) is 45.9 Å². The van der Waals surface area contributed by atoms with E-state index in [1.807, 2.05) is 24.3 Å². The van der Waals surface area contributed by atoms with Crippen LogP contribution in [0.15, 0.2) is 107 Å². The molecule has 0 radical (unpaired) electrons. The van der Waals surface area contributed by atoms with Gasteiger partial charge in [0.2, 0.25) is 0 Å². The summed E-state index contributed by atoms with van der Waals surface area (Å²) in [5.74, 6) is -0.294. The Balaban J connectivity index is 1.48. The lowest BCUT2D eigenvalue weighted by Crippen LogP contribution is -2.13. The molecule has 0 saturated carbocycles. The maximum atomic E-state index is 12.9. The van der Waals surface area contributed by atoms with Crippen LogP contribution in [0.3, 0.4) is 0 Å². The van der Waals surface area contributed by atoms with Crippen LogP contribution in [0.5, 0.6) is 11.5 Å². The van der Waals surface area contributed by atoms with Gasteiger partial charge in [-0.2, -0.15) is 0 Å². The van der Waals surface area contributed by atoms with E-state index in [1.54, 1.807) is 48.5 Å². The number of nitrogens with one attached hydrogen (secondary N) is 2. The van der Waals surface area contributed by atoms with Gasteiger partial charge in [0.1, 0.15) is 11.5 Å². The molecule has 4 N–H and O–H groups in total. The van der Waals surface area contributed by atoms with Crippen LogP contribution in [0.2, 0.25) is 0 Å². The van der Waals surface area contributed by atoms with Crippen LogP contribution in [0.25, 0.3) is 0 Å². The number of carbonyl (C=O) groups excluding carboxylic acids is 2. The predicted octanol–water partition coefficient (Wildman–Crippen LogP) is 6.40. The van der Waals surface area contributed by atoms with E-state index in [2.05, 4.69) is 10.6 Å². The molecule has 0 fully saturated rings. The predicted molar refractivity (Wildman–Crippen MR) is 137 cm³/mol. The normalized spacial score (nSPS) is 10.5. The van der Waals surface area contributed by atoms with Crippen molar-refractivity contribution in [3.05, 3.63) is 108 Å². The minimum Gasteiger partial charge on any atom is -0.508 e. The zero-order chi connectivity index (χ0) is 23.9. The minimum absolute atomic E-state index is 0.124. The second-order valence-electron chi connectivity index (χ2n) is 7.16. The number of hydrogen-bond donors (Lipinski definition) is 4.